The van der Waals surface area contributed by atoms with Crippen LogP contribution in [0.25, 0.3) is 0 Å². The van der Waals surface area contributed by atoms with Crippen molar-refractivity contribution in [2.45, 2.75) is 19.4 Å². The number of ether oxygens (including phenoxy) is 1. The van der Waals surface area contributed by atoms with E-state index >= 15 is 0 Å². The van der Waals surface area contributed by atoms with Crippen LogP contribution in [-0.2, 0) is 14.9 Å². The van der Waals surface area contributed by atoms with Gasteiger partial charge < -0.3 is 4.74 Å². The second kappa shape index (κ2) is 7.85. The maximum absolute atomic E-state index is 13.6. The standard InChI is InChI=1S/C14H19ClF2N2O3S/c1-2-19(23(20,21)18-7-9-22-10-8-18)13(14(16)17)11-3-5-12(15)6-4-11/h3-6,13-14H,2,7-10H2,1H3/t13-/m1/s1. The molecule has 1 aromatic carbocycles. The van der Waals surface area contributed by atoms with Gasteiger partial charge in [-0.2, -0.15) is 17.0 Å². The first-order valence-electron chi connectivity index (χ1n) is 7.26. The molecule has 1 heterocycles. The molecule has 1 aliphatic rings. The molecule has 0 saturated carbocycles. The van der Waals surface area contributed by atoms with Crippen LogP contribution in [0.15, 0.2) is 24.3 Å². The molecule has 0 aliphatic carbocycles. The van der Waals surface area contributed by atoms with Gasteiger partial charge in [0.2, 0.25) is 0 Å². The van der Waals surface area contributed by atoms with Crippen LogP contribution in [0.2, 0.25) is 5.02 Å². The molecule has 0 spiro atoms. The Bertz CT molecular complexity index is 607. The van der Waals surface area contributed by atoms with Crippen LogP contribution in [0.1, 0.15) is 18.5 Å². The predicted octanol–water partition coefficient (Wildman–Crippen LogP) is 2.55. The minimum atomic E-state index is -4.00. The van der Waals surface area contributed by atoms with Gasteiger partial charge in [0.05, 0.1) is 13.2 Å². The fraction of sp³-hybridized carbons (Fsp3) is 0.571. The monoisotopic (exact) mass is 368 g/mol. The molecular formula is C14H19ClF2N2O3S. The summed E-state index contributed by atoms with van der Waals surface area (Å²) in [5.74, 6) is 0. The van der Waals surface area contributed by atoms with Crippen LogP contribution in [0.5, 0.6) is 0 Å². The third-order valence-electron chi connectivity index (χ3n) is 3.66. The molecule has 0 amide bonds. The van der Waals surface area contributed by atoms with Crippen LogP contribution in [0.3, 0.4) is 0 Å². The van der Waals surface area contributed by atoms with Crippen LogP contribution in [0.4, 0.5) is 8.78 Å². The van der Waals surface area contributed by atoms with Crippen molar-refractivity contribution in [3.8, 4) is 0 Å². The Labute approximate surface area is 140 Å². The van der Waals surface area contributed by atoms with Crippen molar-refractivity contribution < 1.29 is 21.9 Å². The summed E-state index contributed by atoms with van der Waals surface area (Å²) in [5, 5.41) is 0.404. The highest BCUT2D eigenvalue weighted by Gasteiger charge is 2.39. The lowest BCUT2D eigenvalue weighted by atomic mass is 10.1. The molecular weight excluding hydrogens is 350 g/mol. The number of hydrogen-bond donors (Lipinski definition) is 0. The van der Waals surface area contributed by atoms with E-state index in [9.17, 15) is 17.2 Å². The molecule has 2 rings (SSSR count). The Morgan fingerprint density at radius 2 is 1.83 bits per heavy atom. The molecule has 1 fully saturated rings. The lowest BCUT2D eigenvalue weighted by molar-refractivity contribution is 0.0489. The summed E-state index contributed by atoms with van der Waals surface area (Å²) < 4.78 is 59.9. The summed E-state index contributed by atoms with van der Waals surface area (Å²) in [6, 6.07) is 4.25. The number of benzene rings is 1. The third kappa shape index (κ3) is 4.19. The van der Waals surface area contributed by atoms with Crippen molar-refractivity contribution in [2.24, 2.45) is 0 Å². The number of alkyl halides is 2. The molecule has 5 nitrogen and oxygen atoms in total. The van der Waals surface area contributed by atoms with Gasteiger partial charge in [0, 0.05) is 24.7 Å². The van der Waals surface area contributed by atoms with Crippen LogP contribution in [-0.4, -0.2) is 56.3 Å². The molecule has 1 aromatic rings. The van der Waals surface area contributed by atoms with E-state index < -0.39 is 22.7 Å². The van der Waals surface area contributed by atoms with E-state index in [1.807, 2.05) is 0 Å². The first kappa shape index (κ1) is 18.5. The number of rotatable bonds is 6. The summed E-state index contributed by atoms with van der Waals surface area (Å²) in [7, 11) is -4.00. The molecule has 9 heteroatoms. The van der Waals surface area contributed by atoms with Gasteiger partial charge in [0.15, 0.2) is 0 Å². The molecule has 1 saturated heterocycles. The Morgan fingerprint density at radius 1 is 1.26 bits per heavy atom. The molecule has 0 aromatic heterocycles. The minimum Gasteiger partial charge on any atom is -0.379 e. The first-order chi connectivity index (χ1) is 10.9. The number of nitrogens with zero attached hydrogens (tertiary/aromatic N) is 2. The Morgan fingerprint density at radius 3 is 2.30 bits per heavy atom. The number of morpholine rings is 1. The van der Waals surface area contributed by atoms with E-state index in [1.54, 1.807) is 6.92 Å². The number of hydrogen-bond acceptors (Lipinski definition) is 3. The first-order valence-corrected chi connectivity index (χ1v) is 9.03. The van der Waals surface area contributed by atoms with Crippen molar-refractivity contribution in [3.63, 3.8) is 0 Å². The van der Waals surface area contributed by atoms with Crippen molar-refractivity contribution >= 4 is 21.8 Å². The van der Waals surface area contributed by atoms with Gasteiger partial charge in [-0.25, -0.2) is 8.78 Å². The fourth-order valence-electron chi connectivity index (χ4n) is 2.53. The molecule has 1 atom stereocenters. The van der Waals surface area contributed by atoms with Crippen LogP contribution < -0.4 is 0 Å². The lowest BCUT2D eigenvalue weighted by Gasteiger charge is -2.35. The SMILES string of the molecule is CCN([C@H](c1ccc(Cl)cc1)C(F)F)S(=O)(=O)N1CCOCC1. The molecule has 0 radical (unpaired) electrons. The van der Waals surface area contributed by atoms with E-state index in [0.29, 0.717) is 5.02 Å². The average molecular weight is 369 g/mol. The van der Waals surface area contributed by atoms with Crippen molar-refractivity contribution in [3.05, 3.63) is 34.9 Å². The van der Waals surface area contributed by atoms with Gasteiger partial charge >= 0.3 is 0 Å². The van der Waals surface area contributed by atoms with E-state index in [0.717, 1.165) is 4.31 Å². The minimum absolute atomic E-state index is 0.0582. The quantitative estimate of drug-likeness (QED) is 0.775. The van der Waals surface area contributed by atoms with Gasteiger partial charge in [-0.1, -0.05) is 30.7 Å². The Kier molecular flexibility index (Phi) is 6.33. The van der Waals surface area contributed by atoms with Gasteiger partial charge in [-0.15, -0.1) is 0 Å². The maximum atomic E-state index is 13.6. The molecule has 0 N–H and O–H groups in total. The summed E-state index contributed by atoms with van der Waals surface area (Å²) in [5.41, 5.74) is 0.211. The zero-order chi connectivity index (χ0) is 17.0. The largest absolute Gasteiger partial charge is 0.379 e. The summed E-state index contributed by atoms with van der Waals surface area (Å²) >= 11 is 5.78. The fourth-order valence-corrected chi connectivity index (χ4v) is 4.39. The highest BCUT2D eigenvalue weighted by Crippen LogP contribution is 2.31. The molecule has 0 bridgehead atoms. The molecule has 23 heavy (non-hydrogen) atoms. The van der Waals surface area contributed by atoms with Crippen molar-refractivity contribution in [1.82, 2.24) is 8.61 Å². The highest BCUT2D eigenvalue weighted by molar-refractivity contribution is 7.86. The molecule has 1 aliphatic heterocycles. The number of halogens is 3. The normalized spacial score (nSPS) is 18.5. The van der Waals surface area contributed by atoms with Gasteiger partial charge in [0.25, 0.3) is 16.6 Å². The van der Waals surface area contributed by atoms with Crippen LogP contribution in [0, 0.1) is 0 Å². The third-order valence-corrected chi connectivity index (χ3v) is 6.01. The lowest BCUT2D eigenvalue weighted by Crippen LogP contribution is -2.50. The summed E-state index contributed by atoms with van der Waals surface area (Å²) in [4.78, 5) is 0. The molecule has 130 valence electrons. The zero-order valence-electron chi connectivity index (χ0n) is 12.7. The topological polar surface area (TPSA) is 49.9 Å². The van der Waals surface area contributed by atoms with E-state index in [4.69, 9.17) is 16.3 Å². The van der Waals surface area contributed by atoms with Crippen LogP contribution >= 0.6 is 11.6 Å². The summed E-state index contributed by atoms with van der Waals surface area (Å²) in [6.45, 7) is 2.33. The Balaban J connectivity index is 2.36. The van der Waals surface area contributed by atoms with Gasteiger partial charge in [-0.3, -0.25) is 0 Å². The second-order valence-electron chi connectivity index (χ2n) is 5.05. The predicted molar refractivity (Wildman–Crippen MR) is 83.9 cm³/mol. The maximum Gasteiger partial charge on any atom is 0.282 e. The summed E-state index contributed by atoms with van der Waals surface area (Å²) in [6.07, 6.45) is -2.85. The molecule has 0 unspecified atom stereocenters. The highest BCUT2D eigenvalue weighted by atomic mass is 35.5. The van der Waals surface area contributed by atoms with Gasteiger partial charge in [0.1, 0.15) is 6.04 Å². The van der Waals surface area contributed by atoms with E-state index in [-0.39, 0.29) is 38.4 Å². The van der Waals surface area contributed by atoms with Crippen molar-refractivity contribution in [1.29, 1.82) is 0 Å². The van der Waals surface area contributed by atoms with E-state index in [1.165, 1.54) is 28.6 Å². The van der Waals surface area contributed by atoms with E-state index in [2.05, 4.69) is 0 Å². The van der Waals surface area contributed by atoms with Gasteiger partial charge in [-0.05, 0) is 17.7 Å². The smallest absolute Gasteiger partial charge is 0.282 e. The Hall–Kier alpha value is -0.800. The van der Waals surface area contributed by atoms with Crippen molar-refractivity contribution in [2.75, 3.05) is 32.8 Å². The average Bonchev–Trinajstić information content (AvgIpc) is 2.54. The second-order valence-corrected chi connectivity index (χ2v) is 7.37. The zero-order valence-corrected chi connectivity index (χ0v) is 14.2.